The van der Waals surface area contributed by atoms with Crippen LogP contribution in [-0.4, -0.2) is 43.0 Å². The van der Waals surface area contributed by atoms with E-state index in [0.717, 1.165) is 24.0 Å². The van der Waals surface area contributed by atoms with E-state index in [2.05, 4.69) is 5.32 Å². The van der Waals surface area contributed by atoms with E-state index in [0.29, 0.717) is 32.5 Å². The number of hydrogen-bond acceptors (Lipinski definition) is 3. The van der Waals surface area contributed by atoms with Crippen molar-refractivity contribution in [2.45, 2.75) is 45.2 Å². The van der Waals surface area contributed by atoms with Crippen LogP contribution in [0.25, 0.3) is 0 Å². The molecule has 0 aliphatic carbocycles. The zero-order chi connectivity index (χ0) is 20.9. The first-order valence-corrected chi connectivity index (χ1v) is 10.3. The molecule has 2 amide bonds. The van der Waals surface area contributed by atoms with Gasteiger partial charge in [-0.2, -0.15) is 0 Å². The summed E-state index contributed by atoms with van der Waals surface area (Å²) in [6.07, 6.45) is 2.40. The molecule has 5 heteroatoms. The van der Waals surface area contributed by atoms with Crippen molar-refractivity contribution in [3.05, 3.63) is 71.8 Å². The summed E-state index contributed by atoms with van der Waals surface area (Å²) in [6, 6.07) is 19.1. The number of ether oxygens (including phenoxy) is 1. The number of benzene rings is 2. The molecular formula is C24H32N2O3. The van der Waals surface area contributed by atoms with Gasteiger partial charge in [-0.25, -0.2) is 0 Å². The zero-order valence-corrected chi connectivity index (χ0v) is 17.5. The molecule has 0 fully saturated rings. The molecule has 0 heterocycles. The average molecular weight is 397 g/mol. The van der Waals surface area contributed by atoms with Crippen LogP contribution in [0.5, 0.6) is 0 Å². The van der Waals surface area contributed by atoms with Crippen LogP contribution in [0.2, 0.25) is 0 Å². The maximum absolute atomic E-state index is 13.1. The highest BCUT2D eigenvalue weighted by molar-refractivity contribution is 5.88. The predicted molar refractivity (Wildman–Crippen MR) is 115 cm³/mol. The third-order valence-corrected chi connectivity index (χ3v) is 4.76. The minimum atomic E-state index is -0.556. The summed E-state index contributed by atoms with van der Waals surface area (Å²) in [4.78, 5) is 27.8. The molecule has 2 aromatic rings. The molecule has 1 N–H and O–H groups in total. The van der Waals surface area contributed by atoms with Crippen molar-refractivity contribution in [3.8, 4) is 0 Å². The topological polar surface area (TPSA) is 58.6 Å². The second-order valence-corrected chi connectivity index (χ2v) is 7.10. The maximum atomic E-state index is 13.1. The first-order chi connectivity index (χ1) is 14.2. The number of nitrogens with one attached hydrogen (secondary N) is 1. The SMILES string of the molecule is CCCC(=O)N(Cc1ccccc1)[C@@H](Cc1ccccc1)C(=O)NCCCOC. The van der Waals surface area contributed by atoms with E-state index in [1.54, 1.807) is 12.0 Å². The molecule has 1 atom stereocenters. The van der Waals surface area contributed by atoms with E-state index in [1.807, 2.05) is 67.6 Å². The van der Waals surface area contributed by atoms with Gasteiger partial charge in [0.1, 0.15) is 6.04 Å². The van der Waals surface area contributed by atoms with Crippen LogP contribution in [0.3, 0.4) is 0 Å². The van der Waals surface area contributed by atoms with Crippen molar-refractivity contribution in [2.75, 3.05) is 20.3 Å². The van der Waals surface area contributed by atoms with Crippen molar-refractivity contribution >= 4 is 11.8 Å². The van der Waals surface area contributed by atoms with Gasteiger partial charge in [-0.3, -0.25) is 9.59 Å². The molecule has 5 nitrogen and oxygen atoms in total. The molecule has 2 rings (SSSR count). The van der Waals surface area contributed by atoms with Crippen molar-refractivity contribution in [1.82, 2.24) is 10.2 Å². The normalized spacial score (nSPS) is 11.7. The highest BCUT2D eigenvalue weighted by Crippen LogP contribution is 2.16. The van der Waals surface area contributed by atoms with E-state index in [1.165, 1.54) is 0 Å². The van der Waals surface area contributed by atoms with Gasteiger partial charge in [0.05, 0.1) is 0 Å². The van der Waals surface area contributed by atoms with Crippen molar-refractivity contribution in [3.63, 3.8) is 0 Å². The Labute approximate surface area is 174 Å². The van der Waals surface area contributed by atoms with E-state index in [9.17, 15) is 9.59 Å². The molecule has 2 aromatic carbocycles. The van der Waals surface area contributed by atoms with Crippen LogP contribution in [0.4, 0.5) is 0 Å². The summed E-state index contributed by atoms with van der Waals surface area (Å²) >= 11 is 0. The number of carbonyl (C=O) groups excluding carboxylic acids is 2. The lowest BCUT2D eigenvalue weighted by molar-refractivity contribution is -0.141. The van der Waals surface area contributed by atoms with E-state index >= 15 is 0 Å². The third-order valence-electron chi connectivity index (χ3n) is 4.76. The van der Waals surface area contributed by atoms with Crippen LogP contribution < -0.4 is 5.32 Å². The van der Waals surface area contributed by atoms with Gasteiger partial charge in [0.2, 0.25) is 11.8 Å². The lowest BCUT2D eigenvalue weighted by Gasteiger charge is -2.31. The second-order valence-electron chi connectivity index (χ2n) is 7.10. The van der Waals surface area contributed by atoms with Crippen LogP contribution in [0.15, 0.2) is 60.7 Å². The van der Waals surface area contributed by atoms with E-state index < -0.39 is 6.04 Å². The van der Waals surface area contributed by atoms with Crippen molar-refractivity contribution in [2.24, 2.45) is 0 Å². The number of methoxy groups -OCH3 is 1. The summed E-state index contributed by atoms with van der Waals surface area (Å²) in [5.74, 6) is -0.116. The lowest BCUT2D eigenvalue weighted by Crippen LogP contribution is -2.50. The van der Waals surface area contributed by atoms with Gasteiger partial charge in [0.25, 0.3) is 0 Å². The van der Waals surface area contributed by atoms with E-state index in [4.69, 9.17) is 4.74 Å². The Kier molecular flexibility index (Phi) is 9.93. The lowest BCUT2D eigenvalue weighted by atomic mass is 10.0. The van der Waals surface area contributed by atoms with Crippen LogP contribution in [-0.2, 0) is 27.3 Å². The molecule has 0 aromatic heterocycles. The Balaban J connectivity index is 2.25. The minimum Gasteiger partial charge on any atom is -0.385 e. The first-order valence-electron chi connectivity index (χ1n) is 10.3. The molecular weight excluding hydrogens is 364 g/mol. The van der Waals surface area contributed by atoms with Gasteiger partial charge < -0.3 is 15.0 Å². The van der Waals surface area contributed by atoms with Crippen LogP contribution in [0, 0.1) is 0 Å². The number of carbonyl (C=O) groups is 2. The molecule has 0 aliphatic rings. The fourth-order valence-corrected chi connectivity index (χ4v) is 3.24. The van der Waals surface area contributed by atoms with Gasteiger partial charge in [-0.1, -0.05) is 67.6 Å². The molecule has 0 unspecified atom stereocenters. The Morgan fingerprint density at radius 3 is 2.21 bits per heavy atom. The number of rotatable bonds is 12. The molecule has 0 bridgehead atoms. The zero-order valence-electron chi connectivity index (χ0n) is 17.5. The summed E-state index contributed by atoms with van der Waals surface area (Å²) < 4.78 is 5.06. The minimum absolute atomic E-state index is 0.00401. The van der Waals surface area contributed by atoms with Gasteiger partial charge in [-0.05, 0) is 24.0 Å². The van der Waals surface area contributed by atoms with Gasteiger partial charge >= 0.3 is 0 Å². The molecule has 0 spiro atoms. The summed E-state index contributed by atoms with van der Waals surface area (Å²) in [7, 11) is 1.64. The highest BCUT2D eigenvalue weighted by Gasteiger charge is 2.29. The fraction of sp³-hybridized carbons (Fsp3) is 0.417. The number of hydrogen-bond donors (Lipinski definition) is 1. The van der Waals surface area contributed by atoms with Gasteiger partial charge in [0.15, 0.2) is 0 Å². The smallest absolute Gasteiger partial charge is 0.243 e. The Bertz CT molecular complexity index is 734. The van der Waals surface area contributed by atoms with Crippen molar-refractivity contribution < 1.29 is 14.3 Å². The Morgan fingerprint density at radius 1 is 1.00 bits per heavy atom. The maximum Gasteiger partial charge on any atom is 0.243 e. The number of amides is 2. The second kappa shape index (κ2) is 12.7. The molecule has 156 valence electrons. The van der Waals surface area contributed by atoms with Crippen molar-refractivity contribution in [1.29, 1.82) is 0 Å². The highest BCUT2D eigenvalue weighted by atomic mass is 16.5. The van der Waals surface area contributed by atoms with Gasteiger partial charge in [-0.15, -0.1) is 0 Å². The Morgan fingerprint density at radius 2 is 1.62 bits per heavy atom. The standard InChI is InChI=1S/C24H32N2O3/c1-3-11-23(27)26(19-21-14-8-5-9-15-21)22(18-20-12-6-4-7-13-20)24(28)25-16-10-17-29-2/h4-9,12-15,22H,3,10-11,16-19H2,1-2H3,(H,25,28)/t22-/m0/s1. The Hall–Kier alpha value is -2.66. The third kappa shape index (κ3) is 7.70. The van der Waals surface area contributed by atoms with E-state index in [-0.39, 0.29) is 11.8 Å². The predicted octanol–water partition coefficient (Wildman–Crippen LogP) is 3.58. The summed E-state index contributed by atoms with van der Waals surface area (Å²) in [5.41, 5.74) is 2.05. The average Bonchev–Trinajstić information content (AvgIpc) is 2.75. The van der Waals surface area contributed by atoms with Gasteiger partial charge in [0, 0.05) is 39.6 Å². The largest absolute Gasteiger partial charge is 0.385 e. The summed E-state index contributed by atoms with van der Waals surface area (Å²) in [6.45, 7) is 3.52. The molecule has 0 saturated carbocycles. The summed E-state index contributed by atoms with van der Waals surface area (Å²) in [5, 5.41) is 2.99. The van der Waals surface area contributed by atoms with Crippen LogP contribution in [0.1, 0.15) is 37.3 Å². The monoisotopic (exact) mass is 396 g/mol. The fourth-order valence-electron chi connectivity index (χ4n) is 3.24. The van der Waals surface area contributed by atoms with Crippen LogP contribution >= 0.6 is 0 Å². The molecule has 0 radical (unpaired) electrons. The first kappa shape index (κ1) is 22.6. The number of nitrogens with zero attached hydrogens (tertiary/aromatic N) is 1. The molecule has 0 aliphatic heterocycles. The quantitative estimate of drug-likeness (QED) is 0.558. The molecule has 29 heavy (non-hydrogen) atoms. The molecule has 0 saturated heterocycles.